The summed E-state index contributed by atoms with van der Waals surface area (Å²) in [5, 5.41) is 3.23. The quantitative estimate of drug-likeness (QED) is 0.0176. The van der Waals surface area contributed by atoms with E-state index in [2.05, 4.69) is 50.0 Å². The van der Waals surface area contributed by atoms with Crippen LogP contribution in [0.2, 0.25) is 0 Å². The van der Waals surface area contributed by atoms with E-state index in [-0.39, 0.29) is 59.5 Å². The normalized spacial score (nSPS) is 17.9. The lowest BCUT2D eigenvalue weighted by atomic mass is 9.75. The number of unbranched alkanes of at least 4 members (excludes halogenated alkanes) is 10. The van der Waals surface area contributed by atoms with Crippen LogP contribution in [-0.4, -0.2) is 89.1 Å². The summed E-state index contributed by atoms with van der Waals surface area (Å²) >= 11 is 5.84. The Hall–Kier alpha value is -6.13. The highest BCUT2D eigenvalue weighted by Crippen LogP contribution is 2.41. The van der Waals surface area contributed by atoms with Gasteiger partial charge in [-0.05, 0) is 121 Å². The van der Waals surface area contributed by atoms with Crippen LogP contribution < -0.4 is 10.2 Å². The number of aromatic amines is 1. The van der Waals surface area contributed by atoms with E-state index in [1.165, 1.54) is 47.9 Å². The molecule has 2 N–H and O–H groups in total. The fourth-order valence-corrected chi connectivity index (χ4v) is 11.2. The number of esters is 3. The second kappa shape index (κ2) is 28.8. The molecule has 18 heteroatoms. The first kappa shape index (κ1) is 57.6. The summed E-state index contributed by atoms with van der Waals surface area (Å²) in [7, 11) is -1.28. The molecule has 0 spiro atoms. The van der Waals surface area contributed by atoms with E-state index in [0.29, 0.717) is 66.0 Å². The van der Waals surface area contributed by atoms with Crippen molar-refractivity contribution < 1.29 is 47.1 Å². The molecule has 1 saturated carbocycles. The molecule has 1 amide bonds. The van der Waals surface area contributed by atoms with Gasteiger partial charge in [0.05, 0.1) is 59.5 Å². The van der Waals surface area contributed by atoms with Gasteiger partial charge >= 0.3 is 24.0 Å². The maximum atomic E-state index is 14.5. The van der Waals surface area contributed by atoms with Gasteiger partial charge in [0, 0.05) is 23.5 Å². The Labute approximate surface area is 454 Å². The number of carbonyl (C=O) groups excluding carboxylic acids is 4. The van der Waals surface area contributed by atoms with E-state index in [9.17, 15) is 19.2 Å². The summed E-state index contributed by atoms with van der Waals surface area (Å²) in [4.78, 5) is 65.2. The summed E-state index contributed by atoms with van der Waals surface area (Å²) in [6.45, 7) is 20.9. The van der Waals surface area contributed by atoms with Gasteiger partial charge in [-0.3, -0.25) is 10.6 Å². The predicted molar refractivity (Wildman–Crippen MR) is 296 cm³/mol. The van der Waals surface area contributed by atoms with Crippen LogP contribution in [0.4, 0.5) is 16.2 Å². The topological polar surface area (TPSA) is 176 Å². The summed E-state index contributed by atoms with van der Waals surface area (Å²) in [6.07, 6.45) is 14.0. The number of aromatic nitrogens is 3. The van der Waals surface area contributed by atoms with Gasteiger partial charge < -0.3 is 28.6 Å². The van der Waals surface area contributed by atoms with Crippen molar-refractivity contribution in [3.63, 3.8) is 0 Å². The third-order valence-electron chi connectivity index (χ3n) is 14.0. The number of amides is 1. The zero-order chi connectivity index (χ0) is 54.0. The number of benzene rings is 3. The first-order chi connectivity index (χ1) is 36.9. The lowest BCUT2D eigenvalue weighted by Crippen LogP contribution is -2.42. The van der Waals surface area contributed by atoms with Gasteiger partial charge in [-0.25, -0.2) is 33.5 Å². The minimum atomic E-state index is -1.28. The molecule has 3 aromatic carbocycles. The maximum Gasteiger partial charge on any atom is 0.415 e. The zero-order valence-corrected chi connectivity index (χ0v) is 46.3. The maximum absolute atomic E-state index is 14.5. The van der Waals surface area contributed by atoms with Crippen molar-refractivity contribution in [1.29, 1.82) is 0 Å². The molecule has 2 aromatic heterocycles. The molecule has 7 rings (SSSR count). The van der Waals surface area contributed by atoms with Crippen molar-refractivity contribution in [1.82, 2.24) is 19.5 Å². The fraction of sp³-hybridized carbons (Fsp3) is 0.517. The van der Waals surface area contributed by atoms with Gasteiger partial charge in [-0.2, -0.15) is 4.28 Å². The van der Waals surface area contributed by atoms with Gasteiger partial charge in [-0.15, -0.1) is 0 Å². The molecule has 0 bridgehead atoms. The fourth-order valence-electron chi connectivity index (χ4n) is 10.1. The molecule has 16 nitrogen and oxygen atoms in total. The van der Waals surface area contributed by atoms with Gasteiger partial charge in [0.25, 0.3) is 5.69 Å². The number of hydrogen-bond acceptors (Lipinski definition) is 13. The van der Waals surface area contributed by atoms with E-state index in [0.717, 1.165) is 62.5 Å². The Morgan fingerprint density at radius 2 is 1.41 bits per heavy atom. The molecule has 408 valence electrons. The number of rotatable bonds is 26. The Kier molecular flexibility index (Phi) is 21.9. The number of morpholine rings is 1. The molecule has 3 atom stereocenters. The summed E-state index contributed by atoms with van der Waals surface area (Å²) < 4.78 is 36.4. The second-order valence-corrected chi connectivity index (χ2v) is 22.3. The molecule has 0 radical (unpaired) electrons. The molecule has 5 aromatic rings. The van der Waals surface area contributed by atoms with Crippen LogP contribution in [0.5, 0.6) is 5.88 Å². The molecule has 2 fully saturated rings. The Balaban J connectivity index is 1.19. The minimum Gasteiger partial charge on any atom is -0.462 e. The Morgan fingerprint density at radius 1 is 0.789 bits per heavy atom. The summed E-state index contributed by atoms with van der Waals surface area (Å²) in [5.74, 6) is -0.868. The first-order valence-corrected chi connectivity index (χ1v) is 29.2. The molecule has 1 aliphatic carbocycles. The molecule has 1 aliphatic heterocycles. The predicted octanol–water partition coefficient (Wildman–Crippen LogP) is 13.0. The highest BCUT2D eigenvalue weighted by atomic mass is 32.8. The van der Waals surface area contributed by atoms with Gasteiger partial charge in [0.1, 0.15) is 11.7 Å². The van der Waals surface area contributed by atoms with Gasteiger partial charge in [0.15, 0.2) is 11.5 Å². The monoisotopic (exact) mass is 1080 g/mol. The van der Waals surface area contributed by atoms with Crippen molar-refractivity contribution in [3.05, 3.63) is 106 Å². The highest BCUT2D eigenvalue weighted by molar-refractivity contribution is 8.26. The number of nitrogens with one attached hydrogen (secondary N) is 2. The van der Waals surface area contributed by atoms with Crippen molar-refractivity contribution in [2.75, 3.05) is 45.0 Å². The molecular formula is C58H74N6O10S2. The van der Waals surface area contributed by atoms with Crippen molar-refractivity contribution >= 4 is 61.9 Å². The number of ether oxygens (including phenoxy) is 5. The number of carbonyl (C=O) groups is 4. The number of anilines is 1. The molecule has 3 heterocycles. The molecule has 76 heavy (non-hydrogen) atoms. The van der Waals surface area contributed by atoms with E-state index in [1.54, 1.807) is 36.4 Å². The number of H-pyrrole nitrogens is 1. The van der Waals surface area contributed by atoms with Crippen LogP contribution in [0, 0.1) is 24.3 Å². The van der Waals surface area contributed by atoms with Gasteiger partial charge in [0.2, 0.25) is 5.88 Å². The third kappa shape index (κ3) is 15.7. The van der Waals surface area contributed by atoms with E-state index >= 15 is 0 Å². The smallest absolute Gasteiger partial charge is 0.415 e. The van der Waals surface area contributed by atoms with Crippen LogP contribution in [0.1, 0.15) is 167 Å². The average Bonchev–Trinajstić information content (AvgIpc) is 3.98. The van der Waals surface area contributed by atoms with Crippen molar-refractivity contribution in [2.24, 2.45) is 17.8 Å². The number of hydrogen-bond donors (Lipinski definition) is 2. The minimum absolute atomic E-state index is 0.0427. The first-order valence-electron chi connectivity index (χ1n) is 27.2. The van der Waals surface area contributed by atoms with Crippen molar-refractivity contribution in [3.8, 4) is 17.3 Å². The molecule has 3 unspecified atom stereocenters. The van der Waals surface area contributed by atoms with E-state index in [1.807, 2.05) is 30.3 Å². The largest absolute Gasteiger partial charge is 0.462 e. The third-order valence-corrected chi connectivity index (χ3v) is 15.6. The van der Waals surface area contributed by atoms with Crippen LogP contribution in [0.3, 0.4) is 0 Å². The van der Waals surface area contributed by atoms with E-state index < -0.39 is 33.9 Å². The highest BCUT2D eigenvalue weighted by Gasteiger charge is 2.38. The molecular weight excluding hydrogens is 1000 g/mol. The van der Waals surface area contributed by atoms with Crippen LogP contribution in [0.15, 0.2) is 71.6 Å². The summed E-state index contributed by atoms with van der Waals surface area (Å²) in [6, 6.07) is 19.8. The summed E-state index contributed by atoms with van der Waals surface area (Å²) in [5.41, 5.74) is 6.18. The van der Waals surface area contributed by atoms with Crippen LogP contribution in [0.25, 0.3) is 21.9 Å². The van der Waals surface area contributed by atoms with Crippen molar-refractivity contribution in [2.45, 2.75) is 142 Å². The average molecular weight is 1080 g/mol. The van der Waals surface area contributed by atoms with Crippen LogP contribution in [-0.2, 0) is 50.6 Å². The molecule has 2 aliphatic rings. The SMILES string of the molecule is [C-]#[N+]c1c(C(=O)OC2C(C)CC(C)CC2C)c2nc(-c3cc(Cc4cccc(C(=O)OCCCCCCCC)c4)cc(NOS(=S)c4cccc(C(=O)OCCCCCCCC)c4)c3)[nH]n2c1OC(=O)N1CCOCC1. The Morgan fingerprint density at radius 3 is 2.05 bits per heavy atom. The standard InChI is InChI=1S/C58H74N6O10S2/c1-7-9-11-13-15-17-27-70-55(65)44-22-19-21-42(34-44)33-43-35-46(37-47(36-43)62-74-76(75)48-24-20-23-45(38-48)56(66)71-28-18-16-14-12-10-8-2)52-60-53-49(57(67)72-51-40(4)31-39(3)32-41(51)5)50(59-6)54(64(53)61-52)73-58(68)63-25-29-69-30-26-63/h19-24,34-41,51,62H,7-18,25-33H2,1-5H3,(H,60,61). The Bertz CT molecular complexity index is 2820. The lowest BCUT2D eigenvalue weighted by molar-refractivity contribution is -0.0249. The van der Waals surface area contributed by atoms with Gasteiger partial charge in [-0.1, -0.05) is 117 Å². The van der Waals surface area contributed by atoms with E-state index in [4.69, 9.17) is 50.7 Å². The lowest BCUT2D eigenvalue weighted by Gasteiger charge is -2.37. The van der Waals surface area contributed by atoms with Crippen LogP contribution >= 0.6 is 0 Å². The second-order valence-electron chi connectivity index (χ2n) is 20.3. The molecule has 1 saturated heterocycles. The zero-order valence-electron chi connectivity index (χ0n) is 44.7. The number of nitrogens with zero attached hydrogens (tertiary/aromatic N) is 4. The number of fused-ring (bicyclic) bond motifs is 1.